The van der Waals surface area contributed by atoms with Crippen LogP contribution in [0.2, 0.25) is 0 Å². The van der Waals surface area contributed by atoms with Gasteiger partial charge in [-0.05, 0) is 38.4 Å². The average Bonchev–Trinajstić information content (AvgIpc) is 2.82. The number of ether oxygens (including phenoxy) is 1. The summed E-state index contributed by atoms with van der Waals surface area (Å²) >= 11 is 0. The van der Waals surface area contributed by atoms with Gasteiger partial charge in [-0.2, -0.15) is 0 Å². The lowest BCUT2D eigenvalue weighted by molar-refractivity contribution is 0.231. The second-order valence-electron chi connectivity index (χ2n) is 4.50. The van der Waals surface area contributed by atoms with Gasteiger partial charge >= 0.3 is 0 Å². The Hall–Kier alpha value is -1.13. The standard InChI is InChI=1S/C13H21N3O/c1-11-12(10-14)4-5-13(15-11)17-9-8-16-6-2-3-7-16/h4-5H,2-3,6-10,14H2,1H3. The van der Waals surface area contributed by atoms with Crippen LogP contribution in [0.5, 0.6) is 5.88 Å². The Labute approximate surface area is 103 Å². The van der Waals surface area contributed by atoms with Crippen molar-refractivity contribution in [1.82, 2.24) is 9.88 Å². The van der Waals surface area contributed by atoms with Crippen molar-refractivity contribution < 1.29 is 4.74 Å². The maximum Gasteiger partial charge on any atom is 0.213 e. The Morgan fingerprint density at radius 1 is 1.35 bits per heavy atom. The fourth-order valence-corrected chi connectivity index (χ4v) is 2.15. The molecular formula is C13H21N3O. The fraction of sp³-hybridized carbons (Fsp3) is 0.615. The summed E-state index contributed by atoms with van der Waals surface area (Å²) in [6.07, 6.45) is 2.64. The predicted molar refractivity (Wildman–Crippen MR) is 68.0 cm³/mol. The molecule has 1 aliphatic rings. The van der Waals surface area contributed by atoms with Crippen molar-refractivity contribution in [2.75, 3.05) is 26.2 Å². The van der Waals surface area contributed by atoms with E-state index in [4.69, 9.17) is 10.5 Å². The maximum atomic E-state index is 5.65. The Kier molecular flexibility index (Phi) is 4.34. The Morgan fingerprint density at radius 2 is 2.12 bits per heavy atom. The summed E-state index contributed by atoms with van der Waals surface area (Å²) in [6.45, 7) is 6.64. The molecule has 17 heavy (non-hydrogen) atoms. The molecule has 0 radical (unpaired) electrons. The molecule has 0 spiro atoms. The number of nitrogens with two attached hydrogens (primary N) is 1. The molecule has 0 unspecified atom stereocenters. The monoisotopic (exact) mass is 235 g/mol. The highest BCUT2D eigenvalue weighted by Gasteiger charge is 2.11. The van der Waals surface area contributed by atoms with Gasteiger partial charge in [0.1, 0.15) is 6.61 Å². The molecule has 2 N–H and O–H groups in total. The molecule has 0 atom stereocenters. The Balaban J connectivity index is 1.80. The summed E-state index contributed by atoms with van der Waals surface area (Å²) in [7, 11) is 0. The maximum absolute atomic E-state index is 5.65. The largest absolute Gasteiger partial charge is 0.476 e. The van der Waals surface area contributed by atoms with E-state index in [-0.39, 0.29) is 0 Å². The molecule has 1 aromatic rings. The summed E-state index contributed by atoms with van der Waals surface area (Å²) in [5.74, 6) is 0.707. The molecule has 0 amide bonds. The highest BCUT2D eigenvalue weighted by atomic mass is 16.5. The minimum absolute atomic E-state index is 0.535. The summed E-state index contributed by atoms with van der Waals surface area (Å²) in [5.41, 5.74) is 7.64. The normalized spacial score (nSPS) is 16.4. The zero-order valence-electron chi connectivity index (χ0n) is 10.5. The van der Waals surface area contributed by atoms with E-state index in [0.717, 1.165) is 17.8 Å². The summed E-state index contributed by atoms with van der Waals surface area (Å²) < 4.78 is 5.65. The Morgan fingerprint density at radius 3 is 2.76 bits per heavy atom. The van der Waals surface area contributed by atoms with E-state index in [2.05, 4.69) is 9.88 Å². The van der Waals surface area contributed by atoms with E-state index in [1.54, 1.807) is 0 Å². The third-order valence-electron chi connectivity index (χ3n) is 3.25. The highest BCUT2D eigenvalue weighted by Crippen LogP contribution is 2.12. The number of rotatable bonds is 5. The molecule has 0 saturated carbocycles. The minimum atomic E-state index is 0.535. The van der Waals surface area contributed by atoms with Gasteiger partial charge in [-0.25, -0.2) is 4.98 Å². The first-order valence-corrected chi connectivity index (χ1v) is 6.31. The highest BCUT2D eigenvalue weighted by molar-refractivity contribution is 5.24. The third kappa shape index (κ3) is 3.41. The topological polar surface area (TPSA) is 51.4 Å². The number of hydrogen-bond acceptors (Lipinski definition) is 4. The van der Waals surface area contributed by atoms with E-state index in [1.807, 2.05) is 19.1 Å². The van der Waals surface area contributed by atoms with Crippen molar-refractivity contribution in [2.45, 2.75) is 26.3 Å². The number of nitrogens with zero attached hydrogens (tertiary/aromatic N) is 2. The van der Waals surface area contributed by atoms with Crippen LogP contribution < -0.4 is 10.5 Å². The molecule has 1 fully saturated rings. The van der Waals surface area contributed by atoms with Gasteiger partial charge in [-0.3, -0.25) is 4.90 Å². The molecule has 0 aromatic carbocycles. The number of aromatic nitrogens is 1. The number of hydrogen-bond donors (Lipinski definition) is 1. The van der Waals surface area contributed by atoms with Crippen LogP contribution in [-0.4, -0.2) is 36.1 Å². The molecular weight excluding hydrogens is 214 g/mol. The van der Waals surface area contributed by atoms with Crippen molar-refractivity contribution >= 4 is 0 Å². The van der Waals surface area contributed by atoms with Gasteiger partial charge in [0.2, 0.25) is 5.88 Å². The molecule has 94 valence electrons. The zero-order valence-corrected chi connectivity index (χ0v) is 10.5. The summed E-state index contributed by atoms with van der Waals surface area (Å²) in [5, 5.41) is 0. The van der Waals surface area contributed by atoms with Crippen molar-refractivity contribution in [3.63, 3.8) is 0 Å². The summed E-state index contributed by atoms with van der Waals surface area (Å²) in [4.78, 5) is 6.82. The fourth-order valence-electron chi connectivity index (χ4n) is 2.15. The van der Waals surface area contributed by atoms with Crippen LogP contribution in [-0.2, 0) is 6.54 Å². The van der Waals surface area contributed by atoms with Gasteiger partial charge < -0.3 is 10.5 Å². The van der Waals surface area contributed by atoms with Crippen LogP contribution in [0, 0.1) is 6.92 Å². The van der Waals surface area contributed by atoms with Gasteiger partial charge in [-0.1, -0.05) is 6.07 Å². The minimum Gasteiger partial charge on any atom is -0.476 e. The second-order valence-corrected chi connectivity index (χ2v) is 4.50. The smallest absolute Gasteiger partial charge is 0.213 e. The lowest BCUT2D eigenvalue weighted by atomic mass is 10.2. The van der Waals surface area contributed by atoms with Crippen LogP contribution in [0.25, 0.3) is 0 Å². The van der Waals surface area contributed by atoms with Crippen LogP contribution in [0.4, 0.5) is 0 Å². The average molecular weight is 235 g/mol. The first-order chi connectivity index (χ1) is 8.29. The molecule has 1 aliphatic heterocycles. The molecule has 1 saturated heterocycles. The zero-order chi connectivity index (χ0) is 12.1. The number of likely N-dealkylation sites (tertiary alicyclic amines) is 1. The SMILES string of the molecule is Cc1nc(OCCN2CCCC2)ccc1CN. The van der Waals surface area contributed by atoms with Crippen molar-refractivity contribution in [3.05, 3.63) is 23.4 Å². The van der Waals surface area contributed by atoms with Gasteiger partial charge in [0.05, 0.1) is 0 Å². The van der Waals surface area contributed by atoms with Crippen molar-refractivity contribution in [3.8, 4) is 5.88 Å². The lowest BCUT2D eigenvalue weighted by Crippen LogP contribution is -2.25. The third-order valence-corrected chi connectivity index (χ3v) is 3.25. The van der Waals surface area contributed by atoms with Crippen molar-refractivity contribution in [2.24, 2.45) is 5.73 Å². The molecule has 0 bridgehead atoms. The molecule has 0 aliphatic carbocycles. The predicted octanol–water partition coefficient (Wildman–Crippen LogP) is 1.32. The lowest BCUT2D eigenvalue weighted by Gasteiger charge is -2.14. The van der Waals surface area contributed by atoms with Crippen LogP contribution >= 0.6 is 0 Å². The molecule has 2 rings (SSSR count). The molecule has 1 aromatic heterocycles. The van der Waals surface area contributed by atoms with Gasteiger partial charge in [0.25, 0.3) is 0 Å². The molecule has 4 nitrogen and oxygen atoms in total. The van der Waals surface area contributed by atoms with Gasteiger partial charge in [0.15, 0.2) is 0 Å². The summed E-state index contributed by atoms with van der Waals surface area (Å²) in [6, 6.07) is 3.90. The van der Waals surface area contributed by atoms with E-state index >= 15 is 0 Å². The molecule has 2 heterocycles. The van der Waals surface area contributed by atoms with E-state index in [1.165, 1.54) is 25.9 Å². The molecule has 4 heteroatoms. The van der Waals surface area contributed by atoms with Crippen LogP contribution in [0.1, 0.15) is 24.1 Å². The van der Waals surface area contributed by atoms with Gasteiger partial charge in [-0.15, -0.1) is 0 Å². The van der Waals surface area contributed by atoms with E-state index in [0.29, 0.717) is 19.0 Å². The number of aryl methyl sites for hydroxylation is 1. The first kappa shape index (κ1) is 12.3. The van der Waals surface area contributed by atoms with Crippen molar-refractivity contribution in [1.29, 1.82) is 0 Å². The second kappa shape index (κ2) is 5.98. The van der Waals surface area contributed by atoms with E-state index in [9.17, 15) is 0 Å². The quantitative estimate of drug-likeness (QED) is 0.836. The van der Waals surface area contributed by atoms with Crippen LogP contribution in [0.3, 0.4) is 0 Å². The van der Waals surface area contributed by atoms with Gasteiger partial charge in [0, 0.05) is 24.8 Å². The first-order valence-electron chi connectivity index (χ1n) is 6.31. The number of pyridine rings is 1. The van der Waals surface area contributed by atoms with Crippen LogP contribution in [0.15, 0.2) is 12.1 Å². The Bertz CT molecular complexity index is 362. The van der Waals surface area contributed by atoms with E-state index < -0.39 is 0 Å².